The van der Waals surface area contributed by atoms with Gasteiger partial charge in [-0.2, -0.15) is 0 Å². The molecule has 0 saturated heterocycles. The predicted molar refractivity (Wildman–Crippen MR) is 151 cm³/mol. The van der Waals surface area contributed by atoms with Crippen LogP contribution in [0.5, 0.6) is 0 Å². The van der Waals surface area contributed by atoms with Gasteiger partial charge in [0.1, 0.15) is 6.04 Å². The van der Waals surface area contributed by atoms with Crippen LogP contribution in [0.1, 0.15) is 71.1 Å². The molecule has 0 aliphatic rings. The first-order valence-electron chi connectivity index (χ1n) is 13.2. The molecule has 0 aliphatic carbocycles. The third kappa shape index (κ3) is 22.8. The molecule has 1 atom stereocenters. The summed E-state index contributed by atoms with van der Waals surface area (Å²) in [7, 11) is 1.17. The van der Waals surface area contributed by atoms with Crippen LogP contribution < -0.4 is 10.6 Å². The van der Waals surface area contributed by atoms with Crippen molar-refractivity contribution in [2.45, 2.75) is 77.2 Å². The summed E-state index contributed by atoms with van der Waals surface area (Å²) in [6.45, 7) is 2.45. The highest BCUT2D eigenvalue weighted by molar-refractivity contribution is 5.96. The summed E-state index contributed by atoms with van der Waals surface area (Å²) in [5.74, 6) is -2.69. The van der Waals surface area contributed by atoms with E-state index >= 15 is 0 Å². The molecule has 8 heteroatoms. The van der Waals surface area contributed by atoms with Crippen molar-refractivity contribution in [2.75, 3.05) is 13.7 Å². The maximum absolute atomic E-state index is 11.9. The minimum absolute atomic E-state index is 0.0886. The molecule has 210 valence electrons. The zero-order valence-corrected chi connectivity index (χ0v) is 22.8. The number of hydrogen-bond donors (Lipinski definition) is 3. The number of rotatable bonds is 21. The zero-order valence-electron chi connectivity index (χ0n) is 22.8. The number of carbonyl (C=O) groups is 4. The Kier molecular flexibility index (Phi) is 22.6. The van der Waals surface area contributed by atoms with E-state index in [2.05, 4.69) is 83.1 Å². The molecular formula is C30H44N2O6. The summed E-state index contributed by atoms with van der Waals surface area (Å²) in [5, 5.41) is 14.3. The van der Waals surface area contributed by atoms with Gasteiger partial charge in [-0.1, -0.05) is 67.7 Å². The number of amides is 2. The number of methoxy groups -OCH3 is 1. The maximum Gasteiger partial charge on any atom is 0.330 e. The molecule has 0 fully saturated rings. The molecule has 0 radical (unpaired) electrons. The van der Waals surface area contributed by atoms with Crippen molar-refractivity contribution in [3.8, 4) is 0 Å². The largest absolute Gasteiger partial charge is 0.480 e. The number of hydrogen-bond acceptors (Lipinski definition) is 5. The number of allylic oxidation sites excluding steroid dienone is 10. The quantitative estimate of drug-likeness (QED) is 0.0824. The van der Waals surface area contributed by atoms with Crippen molar-refractivity contribution in [1.82, 2.24) is 10.6 Å². The second-order valence-corrected chi connectivity index (χ2v) is 8.35. The monoisotopic (exact) mass is 528 g/mol. The summed E-state index contributed by atoms with van der Waals surface area (Å²) in [5.41, 5.74) is 0. The Morgan fingerprint density at radius 2 is 1.34 bits per heavy atom. The molecular weight excluding hydrogens is 484 g/mol. The van der Waals surface area contributed by atoms with Crippen LogP contribution in [-0.2, 0) is 23.9 Å². The van der Waals surface area contributed by atoms with Crippen molar-refractivity contribution in [1.29, 1.82) is 0 Å². The summed E-state index contributed by atoms with van der Waals surface area (Å²) in [4.78, 5) is 45.9. The molecule has 0 bridgehead atoms. The number of carboxylic acids is 1. The standard InChI is InChI=1S/C30H44N2O6/c1-3-4-5-6-7-8-9-10-11-12-13-14-15-16-17-18-19-22-27(33)31-25-20-21-26(30(36)37)32-28(34)23-24-29(35)38-2/h4-5,7-8,10-11,13-14,16-17,23-24,26H,3,6,9,12,15,18-22,25H2,1-2H3,(H,31,33)(H,32,34)(H,36,37)/b5-4-,8-7-,11-10-,14-13-,17-16-,24-23+/t26-/m0/s1. The lowest BCUT2D eigenvalue weighted by Gasteiger charge is -2.13. The molecule has 0 spiro atoms. The van der Waals surface area contributed by atoms with Gasteiger partial charge in [0.15, 0.2) is 0 Å². The predicted octanol–water partition coefficient (Wildman–Crippen LogP) is 5.10. The number of ether oxygens (including phenoxy) is 1. The first-order valence-corrected chi connectivity index (χ1v) is 13.2. The minimum Gasteiger partial charge on any atom is -0.480 e. The highest BCUT2D eigenvalue weighted by atomic mass is 16.5. The van der Waals surface area contributed by atoms with Gasteiger partial charge in [0, 0.05) is 25.1 Å². The van der Waals surface area contributed by atoms with E-state index < -0.39 is 23.9 Å². The van der Waals surface area contributed by atoms with Crippen LogP contribution in [0.2, 0.25) is 0 Å². The van der Waals surface area contributed by atoms with E-state index in [0.29, 0.717) is 19.4 Å². The molecule has 3 N–H and O–H groups in total. The van der Waals surface area contributed by atoms with Crippen LogP contribution in [0.3, 0.4) is 0 Å². The lowest BCUT2D eigenvalue weighted by molar-refractivity contribution is -0.141. The van der Waals surface area contributed by atoms with Crippen LogP contribution in [0.25, 0.3) is 0 Å². The van der Waals surface area contributed by atoms with E-state index in [1.807, 2.05) is 0 Å². The first kappa shape index (κ1) is 34.3. The summed E-state index contributed by atoms with van der Waals surface area (Å²) < 4.78 is 4.37. The molecule has 0 heterocycles. The van der Waals surface area contributed by atoms with Gasteiger partial charge in [-0.3, -0.25) is 9.59 Å². The number of nitrogens with one attached hydrogen (secondary N) is 2. The van der Waals surface area contributed by atoms with Crippen molar-refractivity contribution in [3.63, 3.8) is 0 Å². The lowest BCUT2D eigenvalue weighted by atomic mass is 10.1. The highest BCUT2D eigenvalue weighted by Gasteiger charge is 2.18. The molecule has 0 unspecified atom stereocenters. The van der Waals surface area contributed by atoms with E-state index in [1.54, 1.807) is 0 Å². The average Bonchev–Trinajstić information content (AvgIpc) is 2.90. The maximum atomic E-state index is 11.9. The molecule has 8 nitrogen and oxygen atoms in total. The van der Waals surface area contributed by atoms with E-state index in [9.17, 15) is 24.3 Å². The lowest BCUT2D eigenvalue weighted by Crippen LogP contribution is -2.40. The molecule has 0 aliphatic heterocycles. The summed E-state index contributed by atoms with van der Waals surface area (Å²) >= 11 is 0. The Hall–Kier alpha value is -3.68. The van der Waals surface area contributed by atoms with E-state index in [4.69, 9.17) is 0 Å². The molecule has 0 aromatic carbocycles. The van der Waals surface area contributed by atoms with Crippen LogP contribution in [-0.4, -0.2) is 48.6 Å². The Balaban J connectivity index is 3.87. The number of esters is 1. The van der Waals surface area contributed by atoms with Crippen LogP contribution >= 0.6 is 0 Å². The Morgan fingerprint density at radius 1 is 0.789 bits per heavy atom. The number of carbonyl (C=O) groups excluding carboxylic acids is 3. The van der Waals surface area contributed by atoms with Gasteiger partial charge in [0.2, 0.25) is 11.8 Å². The normalized spacial score (nSPS) is 12.9. The highest BCUT2D eigenvalue weighted by Crippen LogP contribution is 2.01. The summed E-state index contributed by atoms with van der Waals surface area (Å²) in [6.07, 6.45) is 30.6. The van der Waals surface area contributed by atoms with Crippen LogP contribution in [0.4, 0.5) is 0 Å². The van der Waals surface area contributed by atoms with Crippen molar-refractivity contribution < 1.29 is 29.0 Å². The van der Waals surface area contributed by atoms with Gasteiger partial charge < -0.3 is 20.5 Å². The third-order valence-corrected chi connectivity index (χ3v) is 5.11. The molecule has 38 heavy (non-hydrogen) atoms. The van der Waals surface area contributed by atoms with Crippen molar-refractivity contribution in [2.24, 2.45) is 0 Å². The zero-order chi connectivity index (χ0) is 28.3. The fourth-order valence-electron chi connectivity index (χ4n) is 3.06. The second kappa shape index (κ2) is 25.0. The minimum atomic E-state index is -1.19. The molecule has 0 aromatic rings. The fourth-order valence-corrected chi connectivity index (χ4v) is 3.06. The smallest absolute Gasteiger partial charge is 0.330 e. The van der Waals surface area contributed by atoms with Crippen molar-refractivity contribution >= 4 is 23.8 Å². The van der Waals surface area contributed by atoms with E-state index in [0.717, 1.165) is 57.1 Å². The molecule has 2 amide bonds. The first-order chi connectivity index (χ1) is 18.4. The average molecular weight is 529 g/mol. The Morgan fingerprint density at radius 3 is 1.87 bits per heavy atom. The van der Waals surface area contributed by atoms with Gasteiger partial charge in [-0.05, 0) is 57.8 Å². The summed E-state index contributed by atoms with van der Waals surface area (Å²) in [6, 6.07) is -1.11. The second-order valence-electron chi connectivity index (χ2n) is 8.35. The van der Waals surface area contributed by atoms with Gasteiger partial charge >= 0.3 is 11.9 Å². The van der Waals surface area contributed by atoms with E-state index in [1.165, 1.54) is 7.11 Å². The molecule has 0 aromatic heterocycles. The van der Waals surface area contributed by atoms with Crippen molar-refractivity contribution in [3.05, 3.63) is 72.9 Å². The number of carboxylic acid groups (broad SMARTS) is 1. The van der Waals surface area contributed by atoms with Gasteiger partial charge in [-0.15, -0.1) is 0 Å². The van der Waals surface area contributed by atoms with Crippen LogP contribution in [0.15, 0.2) is 72.9 Å². The van der Waals surface area contributed by atoms with Gasteiger partial charge in [0.05, 0.1) is 7.11 Å². The molecule has 0 saturated carbocycles. The van der Waals surface area contributed by atoms with E-state index in [-0.39, 0.29) is 12.3 Å². The third-order valence-electron chi connectivity index (χ3n) is 5.11. The molecule has 0 rings (SSSR count). The SMILES string of the molecule is CC/C=C\C/C=C\C/C=C\C/C=C\C/C=C\CCCC(=O)NCCC[C@H](NC(=O)/C=C/C(=O)OC)C(=O)O. The Labute approximate surface area is 227 Å². The van der Waals surface area contributed by atoms with Gasteiger partial charge in [0.25, 0.3) is 0 Å². The topological polar surface area (TPSA) is 122 Å². The number of unbranched alkanes of at least 4 members (excludes halogenated alkanes) is 1. The van der Waals surface area contributed by atoms with Gasteiger partial charge in [-0.25, -0.2) is 9.59 Å². The number of aliphatic carboxylic acids is 1. The van der Waals surface area contributed by atoms with Crippen LogP contribution in [0, 0.1) is 0 Å². The fraction of sp³-hybridized carbons (Fsp3) is 0.467. The Bertz CT molecular complexity index is 868.